The summed E-state index contributed by atoms with van der Waals surface area (Å²) in [6.07, 6.45) is 2.58. The fourth-order valence-electron chi connectivity index (χ4n) is 3.72. The topological polar surface area (TPSA) is 41.6 Å². The van der Waals surface area contributed by atoms with E-state index < -0.39 is 0 Å². The Bertz CT molecular complexity index is 801. The van der Waals surface area contributed by atoms with Crippen LogP contribution in [0.2, 0.25) is 0 Å². The molecule has 1 fully saturated rings. The largest absolute Gasteiger partial charge is 0.484 e. The number of hydrogen-bond donors (Lipinski definition) is 1. The van der Waals surface area contributed by atoms with Crippen LogP contribution in [0, 0.1) is 19.8 Å². The van der Waals surface area contributed by atoms with Crippen molar-refractivity contribution in [1.29, 1.82) is 0 Å². The Morgan fingerprint density at radius 2 is 1.93 bits per heavy atom. The van der Waals surface area contributed by atoms with E-state index in [2.05, 4.69) is 48.3 Å². The molecule has 0 radical (unpaired) electrons. The van der Waals surface area contributed by atoms with Gasteiger partial charge in [-0.05, 0) is 80.5 Å². The molecular weight excluding hydrogens is 348 g/mol. The number of piperidine rings is 1. The molecule has 0 unspecified atom stereocenters. The van der Waals surface area contributed by atoms with Gasteiger partial charge in [-0.1, -0.05) is 25.1 Å². The lowest BCUT2D eigenvalue weighted by Crippen LogP contribution is -2.34. The van der Waals surface area contributed by atoms with E-state index in [1.54, 1.807) is 0 Å². The highest BCUT2D eigenvalue weighted by Gasteiger charge is 2.17. The summed E-state index contributed by atoms with van der Waals surface area (Å²) in [5.41, 5.74) is 4.75. The summed E-state index contributed by atoms with van der Waals surface area (Å²) < 4.78 is 5.63. The fraction of sp³-hybridized carbons (Fsp3) is 0.458. The molecule has 0 saturated carbocycles. The summed E-state index contributed by atoms with van der Waals surface area (Å²) in [6, 6.07) is 14.4. The molecule has 2 atom stereocenters. The summed E-state index contributed by atoms with van der Waals surface area (Å²) in [5, 5.41) is 3.02. The van der Waals surface area contributed by atoms with Crippen molar-refractivity contribution >= 4 is 11.6 Å². The molecule has 1 aliphatic rings. The molecule has 1 heterocycles. The average Bonchev–Trinajstić information content (AvgIpc) is 2.69. The number of carbonyl (C=O) groups is 1. The first-order valence-electron chi connectivity index (χ1n) is 10.3. The Balaban J connectivity index is 1.51. The van der Waals surface area contributed by atoms with Crippen LogP contribution in [0.25, 0.3) is 0 Å². The van der Waals surface area contributed by atoms with Gasteiger partial charge in [-0.25, -0.2) is 0 Å². The van der Waals surface area contributed by atoms with Gasteiger partial charge in [0.05, 0.1) is 6.04 Å². The lowest BCUT2D eigenvalue weighted by molar-refractivity contribution is -0.123. The normalized spacial score (nSPS) is 17.9. The first-order valence-corrected chi connectivity index (χ1v) is 10.3. The molecule has 0 spiro atoms. The summed E-state index contributed by atoms with van der Waals surface area (Å²) in [5.74, 6) is 1.37. The number of carbonyl (C=O) groups excluding carboxylic acids is 1. The molecule has 1 saturated heterocycles. The van der Waals surface area contributed by atoms with Crippen LogP contribution in [-0.2, 0) is 4.79 Å². The van der Waals surface area contributed by atoms with Crippen LogP contribution in [0.4, 0.5) is 5.69 Å². The zero-order valence-corrected chi connectivity index (χ0v) is 17.5. The Morgan fingerprint density at radius 3 is 2.61 bits per heavy atom. The maximum Gasteiger partial charge on any atom is 0.258 e. The minimum atomic E-state index is -0.111. The Hall–Kier alpha value is -2.49. The van der Waals surface area contributed by atoms with E-state index >= 15 is 0 Å². The quantitative estimate of drug-likeness (QED) is 0.783. The van der Waals surface area contributed by atoms with E-state index in [1.165, 1.54) is 24.1 Å². The lowest BCUT2D eigenvalue weighted by atomic mass is 9.99. The molecule has 3 rings (SSSR count). The van der Waals surface area contributed by atoms with Crippen molar-refractivity contribution in [3.05, 3.63) is 59.2 Å². The van der Waals surface area contributed by atoms with Gasteiger partial charge in [0.25, 0.3) is 5.91 Å². The number of nitrogens with zero attached hydrogens (tertiary/aromatic N) is 1. The molecule has 0 bridgehead atoms. The van der Waals surface area contributed by atoms with E-state index in [4.69, 9.17) is 4.74 Å². The Kier molecular flexibility index (Phi) is 6.61. The Labute approximate surface area is 168 Å². The smallest absolute Gasteiger partial charge is 0.258 e. The molecule has 150 valence electrons. The minimum absolute atomic E-state index is 0.0244. The predicted molar refractivity (Wildman–Crippen MR) is 115 cm³/mol. The highest BCUT2D eigenvalue weighted by atomic mass is 16.5. The summed E-state index contributed by atoms with van der Waals surface area (Å²) in [7, 11) is 0. The maximum absolute atomic E-state index is 12.3. The van der Waals surface area contributed by atoms with Crippen LogP contribution in [0.3, 0.4) is 0 Å². The predicted octanol–water partition coefficient (Wildman–Crippen LogP) is 4.80. The molecule has 0 aliphatic carbocycles. The number of benzene rings is 2. The average molecular weight is 381 g/mol. The fourth-order valence-corrected chi connectivity index (χ4v) is 3.72. The van der Waals surface area contributed by atoms with E-state index in [-0.39, 0.29) is 18.6 Å². The van der Waals surface area contributed by atoms with E-state index in [0.29, 0.717) is 0 Å². The van der Waals surface area contributed by atoms with Crippen LogP contribution in [-0.4, -0.2) is 25.6 Å². The second-order valence-electron chi connectivity index (χ2n) is 8.11. The molecule has 1 aliphatic heterocycles. The molecule has 2 aromatic rings. The number of hydrogen-bond acceptors (Lipinski definition) is 3. The number of rotatable bonds is 6. The molecule has 2 aromatic carbocycles. The van der Waals surface area contributed by atoms with E-state index in [0.717, 1.165) is 35.9 Å². The van der Waals surface area contributed by atoms with Gasteiger partial charge in [0.1, 0.15) is 5.75 Å². The van der Waals surface area contributed by atoms with E-state index in [1.807, 2.05) is 32.0 Å². The number of nitrogens with one attached hydrogen (secondary N) is 1. The maximum atomic E-state index is 12.3. The second-order valence-corrected chi connectivity index (χ2v) is 8.11. The van der Waals surface area contributed by atoms with Crippen LogP contribution in [0.1, 0.15) is 49.4 Å². The van der Waals surface area contributed by atoms with Gasteiger partial charge in [-0.15, -0.1) is 0 Å². The van der Waals surface area contributed by atoms with Crippen molar-refractivity contribution in [3.8, 4) is 5.75 Å². The molecule has 1 amide bonds. The summed E-state index contributed by atoms with van der Waals surface area (Å²) >= 11 is 0. The van der Waals surface area contributed by atoms with Gasteiger partial charge in [0.2, 0.25) is 0 Å². The first kappa shape index (κ1) is 20.2. The second kappa shape index (κ2) is 9.13. The standard InChI is InChI=1S/C24H32N2O2/c1-17-6-5-13-26(15-17)22-10-8-21(9-11-22)20(4)25-24(27)16-28-23-12-7-18(2)19(3)14-23/h7-12,14,17,20H,5-6,13,15-16H2,1-4H3,(H,25,27)/t17-,20-/m0/s1. The van der Waals surface area contributed by atoms with E-state index in [9.17, 15) is 4.79 Å². The highest BCUT2D eigenvalue weighted by Crippen LogP contribution is 2.24. The van der Waals surface area contributed by atoms with Crippen LogP contribution < -0.4 is 15.0 Å². The number of amides is 1. The number of ether oxygens (including phenoxy) is 1. The van der Waals surface area contributed by atoms with Crippen LogP contribution >= 0.6 is 0 Å². The van der Waals surface area contributed by atoms with Gasteiger partial charge >= 0.3 is 0 Å². The minimum Gasteiger partial charge on any atom is -0.484 e. The Morgan fingerprint density at radius 1 is 1.18 bits per heavy atom. The monoisotopic (exact) mass is 380 g/mol. The third-order valence-corrected chi connectivity index (χ3v) is 5.64. The van der Waals surface area contributed by atoms with Crippen molar-refractivity contribution in [2.45, 2.75) is 46.6 Å². The van der Waals surface area contributed by atoms with Crippen LogP contribution in [0.15, 0.2) is 42.5 Å². The van der Waals surface area contributed by atoms with Crippen molar-refractivity contribution in [3.63, 3.8) is 0 Å². The molecule has 0 aromatic heterocycles. The van der Waals surface area contributed by atoms with Crippen molar-refractivity contribution in [2.75, 3.05) is 24.6 Å². The van der Waals surface area contributed by atoms with Crippen molar-refractivity contribution < 1.29 is 9.53 Å². The molecule has 28 heavy (non-hydrogen) atoms. The van der Waals surface area contributed by atoms with Crippen molar-refractivity contribution in [1.82, 2.24) is 5.32 Å². The summed E-state index contributed by atoms with van der Waals surface area (Å²) in [4.78, 5) is 14.7. The zero-order valence-electron chi connectivity index (χ0n) is 17.5. The number of anilines is 1. The zero-order chi connectivity index (χ0) is 20.1. The molecule has 4 nitrogen and oxygen atoms in total. The van der Waals surface area contributed by atoms with Gasteiger partial charge in [-0.2, -0.15) is 0 Å². The van der Waals surface area contributed by atoms with Crippen molar-refractivity contribution in [2.24, 2.45) is 5.92 Å². The van der Waals surface area contributed by atoms with Crippen LogP contribution in [0.5, 0.6) is 5.75 Å². The highest BCUT2D eigenvalue weighted by molar-refractivity contribution is 5.78. The third kappa shape index (κ3) is 5.28. The molecule has 1 N–H and O–H groups in total. The van der Waals surface area contributed by atoms with Gasteiger partial charge < -0.3 is 15.0 Å². The van der Waals surface area contributed by atoms with Gasteiger partial charge in [0.15, 0.2) is 6.61 Å². The first-order chi connectivity index (χ1) is 13.4. The lowest BCUT2D eigenvalue weighted by Gasteiger charge is -2.33. The number of aryl methyl sites for hydroxylation is 2. The summed E-state index contributed by atoms with van der Waals surface area (Å²) in [6.45, 7) is 10.7. The molecule has 4 heteroatoms. The van der Waals surface area contributed by atoms with Gasteiger partial charge in [0, 0.05) is 18.8 Å². The third-order valence-electron chi connectivity index (χ3n) is 5.64. The SMILES string of the molecule is Cc1ccc(OCC(=O)N[C@@H](C)c2ccc(N3CCC[C@H](C)C3)cc2)cc1C. The molecular formula is C24H32N2O2. The van der Waals surface area contributed by atoms with Gasteiger partial charge in [-0.3, -0.25) is 4.79 Å².